The SMILES string of the molecule is COc1ccc2nc(C(=O)O)cc(OC)c2c1. The fraction of sp³-hybridized carbons (Fsp3) is 0.167. The van der Waals surface area contributed by atoms with Crippen molar-refractivity contribution >= 4 is 16.9 Å². The summed E-state index contributed by atoms with van der Waals surface area (Å²) < 4.78 is 10.3. The van der Waals surface area contributed by atoms with Gasteiger partial charge >= 0.3 is 5.97 Å². The van der Waals surface area contributed by atoms with E-state index in [2.05, 4.69) is 4.98 Å². The third-order valence-corrected chi connectivity index (χ3v) is 2.42. The van der Waals surface area contributed by atoms with Crippen LogP contribution in [0.1, 0.15) is 10.5 Å². The summed E-state index contributed by atoms with van der Waals surface area (Å²) in [6, 6.07) is 6.57. The average molecular weight is 233 g/mol. The van der Waals surface area contributed by atoms with Gasteiger partial charge in [-0.1, -0.05) is 0 Å². The second-order valence-electron chi connectivity index (χ2n) is 3.40. The number of hydrogen-bond acceptors (Lipinski definition) is 4. The Labute approximate surface area is 97.6 Å². The summed E-state index contributed by atoms with van der Waals surface area (Å²) in [7, 11) is 3.05. The van der Waals surface area contributed by atoms with Crippen LogP contribution in [0, 0.1) is 0 Å². The molecule has 1 aromatic carbocycles. The monoisotopic (exact) mass is 233 g/mol. The number of benzene rings is 1. The van der Waals surface area contributed by atoms with Crippen molar-refractivity contribution in [3.05, 3.63) is 30.0 Å². The number of ether oxygens (including phenoxy) is 2. The van der Waals surface area contributed by atoms with E-state index in [1.165, 1.54) is 13.2 Å². The number of methoxy groups -OCH3 is 2. The van der Waals surface area contributed by atoms with Crippen LogP contribution in [0.2, 0.25) is 0 Å². The first-order chi connectivity index (χ1) is 8.15. The van der Waals surface area contributed by atoms with E-state index in [4.69, 9.17) is 14.6 Å². The van der Waals surface area contributed by atoms with Crippen LogP contribution in [0.25, 0.3) is 10.9 Å². The molecule has 17 heavy (non-hydrogen) atoms. The first-order valence-electron chi connectivity index (χ1n) is 4.92. The molecule has 0 unspecified atom stereocenters. The molecule has 2 aromatic rings. The van der Waals surface area contributed by atoms with Gasteiger partial charge in [0.1, 0.15) is 11.5 Å². The van der Waals surface area contributed by atoms with Gasteiger partial charge in [-0.15, -0.1) is 0 Å². The minimum atomic E-state index is -1.08. The van der Waals surface area contributed by atoms with Gasteiger partial charge in [0.25, 0.3) is 0 Å². The van der Waals surface area contributed by atoms with Crippen LogP contribution in [0.3, 0.4) is 0 Å². The Morgan fingerprint density at radius 2 is 2.00 bits per heavy atom. The summed E-state index contributed by atoms with van der Waals surface area (Å²) in [6.07, 6.45) is 0. The zero-order valence-corrected chi connectivity index (χ0v) is 9.43. The van der Waals surface area contributed by atoms with Crippen molar-refractivity contribution in [1.82, 2.24) is 4.98 Å². The van der Waals surface area contributed by atoms with Crippen LogP contribution >= 0.6 is 0 Å². The molecule has 0 spiro atoms. The summed E-state index contributed by atoms with van der Waals surface area (Å²) in [5.41, 5.74) is 0.516. The highest BCUT2D eigenvalue weighted by atomic mass is 16.5. The molecule has 0 aliphatic heterocycles. The van der Waals surface area contributed by atoms with Gasteiger partial charge in [0.15, 0.2) is 5.69 Å². The molecule has 0 aliphatic carbocycles. The van der Waals surface area contributed by atoms with E-state index in [1.54, 1.807) is 25.3 Å². The summed E-state index contributed by atoms with van der Waals surface area (Å²) in [6.45, 7) is 0. The lowest BCUT2D eigenvalue weighted by Crippen LogP contribution is -2.01. The highest BCUT2D eigenvalue weighted by Gasteiger charge is 2.11. The van der Waals surface area contributed by atoms with Gasteiger partial charge in [-0.2, -0.15) is 0 Å². The number of fused-ring (bicyclic) bond motifs is 1. The number of rotatable bonds is 3. The van der Waals surface area contributed by atoms with Crippen molar-refractivity contribution in [1.29, 1.82) is 0 Å². The predicted molar refractivity (Wildman–Crippen MR) is 61.8 cm³/mol. The van der Waals surface area contributed by atoms with Gasteiger partial charge in [-0.25, -0.2) is 9.78 Å². The third kappa shape index (κ3) is 1.99. The summed E-state index contributed by atoms with van der Waals surface area (Å²) in [5.74, 6) is 0.0491. The number of carboxylic acid groups (broad SMARTS) is 1. The van der Waals surface area contributed by atoms with Gasteiger partial charge in [-0.05, 0) is 18.2 Å². The Balaban J connectivity index is 2.72. The maximum Gasteiger partial charge on any atom is 0.354 e. The molecular formula is C12H11NO4. The topological polar surface area (TPSA) is 68.7 Å². The molecule has 2 rings (SSSR count). The molecule has 1 heterocycles. The maximum absolute atomic E-state index is 10.9. The van der Waals surface area contributed by atoms with E-state index in [9.17, 15) is 4.79 Å². The molecule has 5 heteroatoms. The van der Waals surface area contributed by atoms with Gasteiger partial charge < -0.3 is 14.6 Å². The van der Waals surface area contributed by atoms with E-state index in [-0.39, 0.29) is 5.69 Å². The Kier molecular flexibility index (Phi) is 2.82. The predicted octanol–water partition coefficient (Wildman–Crippen LogP) is 1.95. The lowest BCUT2D eigenvalue weighted by Gasteiger charge is -2.08. The normalized spacial score (nSPS) is 10.2. The van der Waals surface area contributed by atoms with Crippen LogP contribution < -0.4 is 9.47 Å². The Hall–Kier alpha value is -2.30. The summed E-state index contributed by atoms with van der Waals surface area (Å²) >= 11 is 0. The zero-order chi connectivity index (χ0) is 12.4. The maximum atomic E-state index is 10.9. The molecule has 0 saturated carbocycles. The molecule has 5 nitrogen and oxygen atoms in total. The van der Waals surface area contributed by atoms with Crippen LogP contribution in [0.15, 0.2) is 24.3 Å². The number of hydrogen-bond donors (Lipinski definition) is 1. The van der Waals surface area contributed by atoms with E-state index < -0.39 is 5.97 Å². The van der Waals surface area contributed by atoms with Crippen molar-refractivity contribution in [3.63, 3.8) is 0 Å². The van der Waals surface area contributed by atoms with E-state index in [1.807, 2.05) is 0 Å². The van der Waals surface area contributed by atoms with Crippen LogP contribution in [0.5, 0.6) is 11.5 Å². The molecule has 1 N–H and O–H groups in total. The standard InChI is InChI=1S/C12H11NO4/c1-16-7-3-4-9-8(5-7)11(17-2)6-10(13-9)12(14)15/h3-6H,1-2H3,(H,14,15). The Morgan fingerprint density at radius 3 is 2.59 bits per heavy atom. The van der Waals surface area contributed by atoms with Gasteiger partial charge in [-0.3, -0.25) is 0 Å². The molecule has 0 aliphatic rings. The Morgan fingerprint density at radius 1 is 1.24 bits per heavy atom. The number of aromatic nitrogens is 1. The van der Waals surface area contributed by atoms with Crippen LogP contribution in [0.4, 0.5) is 0 Å². The van der Waals surface area contributed by atoms with Gasteiger partial charge in [0.05, 0.1) is 19.7 Å². The molecule has 0 atom stereocenters. The average Bonchev–Trinajstić information content (AvgIpc) is 2.36. The van der Waals surface area contributed by atoms with E-state index in [0.29, 0.717) is 17.0 Å². The van der Waals surface area contributed by atoms with Crippen molar-refractivity contribution < 1.29 is 19.4 Å². The highest BCUT2D eigenvalue weighted by Crippen LogP contribution is 2.28. The second kappa shape index (κ2) is 4.29. The zero-order valence-electron chi connectivity index (χ0n) is 9.43. The largest absolute Gasteiger partial charge is 0.497 e. The number of carboxylic acids is 1. The van der Waals surface area contributed by atoms with Crippen molar-refractivity contribution in [2.45, 2.75) is 0 Å². The summed E-state index contributed by atoms with van der Waals surface area (Å²) in [5, 5.41) is 9.64. The van der Waals surface area contributed by atoms with Crippen molar-refractivity contribution in [2.24, 2.45) is 0 Å². The van der Waals surface area contributed by atoms with Crippen molar-refractivity contribution in [3.8, 4) is 11.5 Å². The molecule has 0 fully saturated rings. The number of carbonyl (C=O) groups is 1. The second-order valence-corrected chi connectivity index (χ2v) is 3.40. The summed E-state index contributed by atoms with van der Waals surface area (Å²) in [4.78, 5) is 14.9. The lowest BCUT2D eigenvalue weighted by atomic mass is 10.1. The lowest BCUT2D eigenvalue weighted by molar-refractivity contribution is 0.0690. The molecule has 0 amide bonds. The van der Waals surface area contributed by atoms with Crippen molar-refractivity contribution in [2.75, 3.05) is 14.2 Å². The van der Waals surface area contributed by atoms with Gasteiger partial charge in [0.2, 0.25) is 0 Å². The first-order valence-corrected chi connectivity index (χ1v) is 4.92. The molecular weight excluding hydrogens is 222 g/mol. The smallest absolute Gasteiger partial charge is 0.354 e. The molecule has 1 aromatic heterocycles. The molecule has 0 saturated heterocycles. The fourth-order valence-corrected chi connectivity index (χ4v) is 1.58. The highest BCUT2D eigenvalue weighted by molar-refractivity contribution is 5.93. The first kappa shape index (κ1) is 11.2. The molecule has 0 radical (unpaired) electrons. The molecule has 88 valence electrons. The van der Waals surface area contributed by atoms with E-state index in [0.717, 1.165) is 5.39 Å². The molecule has 0 bridgehead atoms. The van der Waals surface area contributed by atoms with Gasteiger partial charge in [0, 0.05) is 11.5 Å². The number of aromatic carboxylic acids is 1. The minimum Gasteiger partial charge on any atom is -0.497 e. The van der Waals surface area contributed by atoms with E-state index >= 15 is 0 Å². The fourth-order valence-electron chi connectivity index (χ4n) is 1.58. The Bertz CT molecular complexity index is 580. The minimum absolute atomic E-state index is 0.0421. The third-order valence-electron chi connectivity index (χ3n) is 2.42. The van der Waals surface area contributed by atoms with Crippen LogP contribution in [-0.4, -0.2) is 30.3 Å². The quantitative estimate of drug-likeness (QED) is 0.877. The number of nitrogens with zero attached hydrogens (tertiary/aromatic N) is 1. The number of pyridine rings is 1. The van der Waals surface area contributed by atoms with Crippen LogP contribution in [-0.2, 0) is 0 Å².